The van der Waals surface area contributed by atoms with Crippen molar-refractivity contribution in [2.24, 2.45) is 5.92 Å². The van der Waals surface area contributed by atoms with Crippen molar-refractivity contribution < 1.29 is 23.5 Å². The molecule has 2 N–H and O–H groups in total. The van der Waals surface area contributed by atoms with Gasteiger partial charge in [-0.3, -0.25) is 4.68 Å². The van der Waals surface area contributed by atoms with E-state index in [1.807, 2.05) is 10.9 Å². The van der Waals surface area contributed by atoms with E-state index in [1.54, 1.807) is 7.11 Å². The maximum atomic E-state index is 6.12. The largest absolute Gasteiger partial charge is 0.475 e. The molecular weight excluding hydrogens is 384 g/mol. The second-order valence-electron chi connectivity index (χ2n) is 8.61. The van der Waals surface area contributed by atoms with Crippen molar-refractivity contribution in [2.75, 3.05) is 52.4 Å². The lowest BCUT2D eigenvalue weighted by Gasteiger charge is -2.27. The Kier molecular flexibility index (Phi) is 8.96. The van der Waals surface area contributed by atoms with Crippen LogP contribution in [0.25, 0.3) is 0 Å². The standard InChI is InChI=1S/C22H39N4O4/c1-17-13-25(14-18(2)30-17)15-19-5-7-20(8-6-19)26-16-21(23)22(24-26)29-10-4-9-28-12-11-27-3/h15-20H,4-14,23H2,1-3H3/q+1/b25-15-/t17-,18+,19?,20?/m1/s1. The maximum absolute atomic E-state index is 6.12. The third-order valence-corrected chi connectivity index (χ3v) is 5.81. The molecule has 2 aliphatic rings. The van der Waals surface area contributed by atoms with Gasteiger partial charge in [0.2, 0.25) is 0 Å². The number of hydrogen-bond acceptors (Lipinski definition) is 6. The lowest BCUT2D eigenvalue weighted by atomic mass is 9.86. The number of ether oxygens (including phenoxy) is 4. The van der Waals surface area contributed by atoms with E-state index in [4.69, 9.17) is 24.7 Å². The quantitative estimate of drug-likeness (QED) is 0.460. The summed E-state index contributed by atoms with van der Waals surface area (Å²) in [6.07, 6.45) is 10.4. The number of methoxy groups -OCH3 is 1. The number of morpholine rings is 1. The molecule has 0 unspecified atom stereocenters. The average Bonchev–Trinajstić information content (AvgIpc) is 3.08. The molecule has 1 aromatic heterocycles. The van der Waals surface area contributed by atoms with E-state index in [1.165, 1.54) is 12.8 Å². The zero-order valence-electron chi connectivity index (χ0n) is 18.8. The number of anilines is 1. The summed E-state index contributed by atoms with van der Waals surface area (Å²) >= 11 is 0. The number of hydrogen-bond donors (Lipinski definition) is 1. The van der Waals surface area contributed by atoms with Gasteiger partial charge in [-0.15, -0.1) is 5.10 Å². The zero-order chi connectivity index (χ0) is 21.3. The van der Waals surface area contributed by atoms with Crippen LogP contribution >= 0.6 is 0 Å². The summed E-state index contributed by atoms with van der Waals surface area (Å²) in [6.45, 7) is 8.72. The van der Waals surface area contributed by atoms with Crippen LogP contribution in [0.5, 0.6) is 5.88 Å². The molecule has 0 aromatic carbocycles. The van der Waals surface area contributed by atoms with E-state index in [0.29, 0.717) is 62.2 Å². The summed E-state index contributed by atoms with van der Waals surface area (Å²) in [5, 5.41) is 4.61. The normalized spacial score (nSPS) is 28.7. The van der Waals surface area contributed by atoms with E-state index in [2.05, 4.69) is 29.7 Å². The highest BCUT2D eigenvalue weighted by Gasteiger charge is 2.28. The Labute approximate surface area is 180 Å². The minimum atomic E-state index is 0.309. The van der Waals surface area contributed by atoms with Crippen LogP contribution < -0.4 is 10.5 Å². The van der Waals surface area contributed by atoms with E-state index in [0.717, 1.165) is 32.4 Å². The topological polar surface area (TPSA) is 83.8 Å². The molecule has 170 valence electrons. The van der Waals surface area contributed by atoms with Crippen LogP contribution in [0.2, 0.25) is 0 Å². The molecule has 1 saturated heterocycles. The molecule has 8 heteroatoms. The summed E-state index contributed by atoms with van der Waals surface area (Å²) in [4.78, 5) is 0. The van der Waals surface area contributed by atoms with Crippen molar-refractivity contribution in [2.45, 2.75) is 64.2 Å². The monoisotopic (exact) mass is 423 g/mol. The van der Waals surface area contributed by atoms with E-state index in [9.17, 15) is 0 Å². The number of nitrogens with zero attached hydrogens (tertiary/aromatic N) is 3. The van der Waals surface area contributed by atoms with E-state index < -0.39 is 0 Å². The van der Waals surface area contributed by atoms with Crippen molar-refractivity contribution in [3.8, 4) is 5.88 Å². The molecule has 0 bridgehead atoms. The summed E-state index contributed by atoms with van der Waals surface area (Å²) < 4.78 is 26.5. The maximum Gasteiger partial charge on any atom is 0.256 e. The Morgan fingerprint density at radius 1 is 1.13 bits per heavy atom. The third kappa shape index (κ3) is 6.96. The van der Waals surface area contributed by atoms with Crippen LogP contribution in [0.1, 0.15) is 52.0 Å². The average molecular weight is 424 g/mol. The molecule has 0 spiro atoms. The Hall–Kier alpha value is -1.64. The molecule has 8 nitrogen and oxygen atoms in total. The van der Waals surface area contributed by atoms with Crippen LogP contribution in [0, 0.1) is 5.92 Å². The first kappa shape index (κ1) is 23.0. The highest BCUT2D eigenvalue weighted by Crippen LogP contribution is 2.33. The Morgan fingerprint density at radius 3 is 2.57 bits per heavy atom. The fourth-order valence-electron chi connectivity index (χ4n) is 4.42. The zero-order valence-corrected chi connectivity index (χ0v) is 18.8. The Morgan fingerprint density at radius 2 is 1.87 bits per heavy atom. The molecule has 2 fully saturated rings. The number of rotatable bonds is 10. The van der Waals surface area contributed by atoms with Gasteiger partial charge in [0, 0.05) is 26.1 Å². The number of nitrogen functional groups attached to an aromatic ring is 1. The minimum Gasteiger partial charge on any atom is -0.475 e. The Balaban J connectivity index is 1.42. The van der Waals surface area contributed by atoms with Gasteiger partial charge >= 0.3 is 0 Å². The predicted octanol–water partition coefficient (Wildman–Crippen LogP) is 2.52. The van der Waals surface area contributed by atoms with Crippen molar-refractivity contribution in [3.05, 3.63) is 6.20 Å². The second-order valence-corrected chi connectivity index (χ2v) is 8.61. The fourth-order valence-corrected chi connectivity index (χ4v) is 4.42. The van der Waals surface area contributed by atoms with Crippen molar-refractivity contribution in [3.63, 3.8) is 0 Å². The lowest BCUT2D eigenvalue weighted by molar-refractivity contribution is -0.564. The summed E-state index contributed by atoms with van der Waals surface area (Å²) in [6, 6.07) is 0.397. The van der Waals surface area contributed by atoms with Gasteiger partial charge in [-0.1, -0.05) is 0 Å². The van der Waals surface area contributed by atoms with E-state index in [-0.39, 0.29) is 0 Å². The first-order chi connectivity index (χ1) is 14.5. The third-order valence-electron chi connectivity index (χ3n) is 5.81. The number of nitrogens with two attached hydrogens (primary N) is 1. The SMILES string of the molecule is COCCOCCCOc1nn(C2CCC(/C=[N+]3/C[C@@H](C)O[C@@H](C)C3)CC2)cc1N. The molecule has 3 rings (SSSR count). The summed E-state index contributed by atoms with van der Waals surface area (Å²) in [5.74, 6) is 1.18. The van der Waals surface area contributed by atoms with E-state index >= 15 is 0 Å². The van der Waals surface area contributed by atoms with Gasteiger partial charge in [0.05, 0.1) is 32.1 Å². The highest BCUT2D eigenvalue weighted by molar-refractivity contribution is 5.55. The first-order valence-corrected chi connectivity index (χ1v) is 11.3. The smallest absolute Gasteiger partial charge is 0.256 e. The van der Waals surface area contributed by atoms with Crippen molar-refractivity contribution in [1.29, 1.82) is 0 Å². The van der Waals surface area contributed by atoms with Gasteiger partial charge in [0.25, 0.3) is 5.88 Å². The highest BCUT2D eigenvalue weighted by atomic mass is 16.5. The molecule has 2 atom stereocenters. The molecule has 1 aliphatic heterocycles. The summed E-state index contributed by atoms with van der Waals surface area (Å²) in [5.41, 5.74) is 6.74. The van der Waals surface area contributed by atoms with Gasteiger partial charge in [-0.05, 0) is 39.5 Å². The van der Waals surface area contributed by atoms with Gasteiger partial charge in [-0.2, -0.15) is 0 Å². The van der Waals surface area contributed by atoms with Crippen LogP contribution in [0.4, 0.5) is 5.69 Å². The fraction of sp³-hybridized carbons (Fsp3) is 0.818. The predicted molar refractivity (Wildman–Crippen MR) is 117 cm³/mol. The van der Waals surface area contributed by atoms with Crippen molar-refractivity contribution in [1.82, 2.24) is 9.78 Å². The first-order valence-electron chi connectivity index (χ1n) is 11.3. The second kappa shape index (κ2) is 11.7. The van der Waals surface area contributed by atoms with Gasteiger partial charge in [0.15, 0.2) is 13.1 Å². The molecule has 1 saturated carbocycles. The Bertz CT molecular complexity index is 658. The lowest BCUT2D eigenvalue weighted by Crippen LogP contribution is -2.41. The van der Waals surface area contributed by atoms with Gasteiger partial charge in [-0.25, -0.2) is 4.58 Å². The van der Waals surface area contributed by atoms with Crippen LogP contribution in [0.15, 0.2) is 6.20 Å². The van der Waals surface area contributed by atoms with Crippen LogP contribution in [-0.4, -0.2) is 79.4 Å². The van der Waals surface area contributed by atoms with Crippen LogP contribution in [-0.2, 0) is 14.2 Å². The van der Waals surface area contributed by atoms with Gasteiger partial charge in [0.1, 0.15) is 24.1 Å². The summed E-state index contributed by atoms with van der Waals surface area (Å²) in [7, 11) is 1.67. The molecule has 0 amide bonds. The molecular formula is C22H39N4O4+. The minimum absolute atomic E-state index is 0.309. The molecule has 1 aliphatic carbocycles. The van der Waals surface area contributed by atoms with Crippen LogP contribution in [0.3, 0.4) is 0 Å². The molecule has 2 heterocycles. The molecule has 1 aromatic rings. The molecule has 30 heavy (non-hydrogen) atoms. The van der Waals surface area contributed by atoms with Gasteiger partial charge < -0.3 is 24.7 Å². The number of aromatic nitrogens is 2. The van der Waals surface area contributed by atoms with Crippen molar-refractivity contribution >= 4 is 11.9 Å². The molecule has 0 radical (unpaired) electrons.